The Morgan fingerprint density at radius 3 is 2.07 bits per heavy atom. The number of carbonyl (C=O) groups is 1. The van der Waals surface area contributed by atoms with E-state index < -0.39 is 18.6 Å². The van der Waals surface area contributed by atoms with Crippen LogP contribution in [0.25, 0.3) is 0 Å². The molecule has 0 aromatic heterocycles. The van der Waals surface area contributed by atoms with Crippen LogP contribution in [0.2, 0.25) is 0 Å². The predicted octanol–water partition coefficient (Wildman–Crippen LogP) is 2.87. The van der Waals surface area contributed by atoms with Crippen molar-refractivity contribution in [3.63, 3.8) is 0 Å². The SMILES string of the molecule is CC(CCC(F)F)CCC(F)C(=O)O. The van der Waals surface area contributed by atoms with Gasteiger partial charge >= 0.3 is 5.97 Å². The molecule has 2 nitrogen and oxygen atoms in total. The topological polar surface area (TPSA) is 37.3 Å². The maximum atomic E-state index is 12.5. The first-order valence-electron chi connectivity index (χ1n) is 4.58. The number of alkyl halides is 3. The lowest BCUT2D eigenvalue weighted by atomic mass is 9.98. The number of hydrogen-bond acceptors (Lipinski definition) is 1. The van der Waals surface area contributed by atoms with E-state index in [9.17, 15) is 18.0 Å². The summed E-state index contributed by atoms with van der Waals surface area (Å²) in [6.45, 7) is 1.72. The van der Waals surface area contributed by atoms with E-state index in [0.717, 1.165) is 0 Å². The lowest BCUT2D eigenvalue weighted by Gasteiger charge is -2.11. The molecule has 0 aromatic rings. The number of hydrogen-bond donors (Lipinski definition) is 1. The van der Waals surface area contributed by atoms with Crippen LogP contribution in [0, 0.1) is 5.92 Å². The second kappa shape index (κ2) is 6.68. The molecule has 0 aliphatic carbocycles. The largest absolute Gasteiger partial charge is 0.479 e. The van der Waals surface area contributed by atoms with E-state index in [2.05, 4.69) is 0 Å². The number of carboxylic acids is 1. The summed E-state index contributed by atoms with van der Waals surface area (Å²) in [7, 11) is 0. The summed E-state index contributed by atoms with van der Waals surface area (Å²) >= 11 is 0. The number of rotatable bonds is 7. The van der Waals surface area contributed by atoms with E-state index in [0.29, 0.717) is 12.8 Å². The highest BCUT2D eigenvalue weighted by atomic mass is 19.3. The summed E-state index contributed by atoms with van der Waals surface area (Å²) in [6, 6.07) is 0. The Morgan fingerprint density at radius 2 is 1.64 bits per heavy atom. The summed E-state index contributed by atoms with van der Waals surface area (Å²) < 4.78 is 36.0. The fraction of sp³-hybridized carbons (Fsp3) is 0.889. The van der Waals surface area contributed by atoms with Crippen molar-refractivity contribution < 1.29 is 23.1 Å². The zero-order chi connectivity index (χ0) is 11.1. The quantitative estimate of drug-likeness (QED) is 0.704. The van der Waals surface area contributed by atoms with Gasteiger partial charge in [0.25, 0.3) is 0 Å². The number of halogens is 3. The molecule has 0 rings (SSSR count). The molecule has 0 heterocycles. The molecule has 0 saturated carbocycles. The molecule has 0 aromatic carbocycles. The van der Waals surface area contributed by atoms with Gasteiger partial charge in [-0.1, -0.05) is 6.92 Å². The molecule has 0 fully saturated rings. The van der Waals surface area contributed by atoms with Gasteiger partial charge in [0.15, 0.2) is 6.17 Å². The predicted molar refractivity (Wildman–Crippen MR) is 46.2 cm³/mol. The van der Waals surface area contributed by atoms with Crippen molar-refractivity contribution in [2.75, 3.05) is 0 Å². The van der Waals surface area contributed by atoms with Crippen LogP contribution in [0.1, 0.15) is 32.6 Å². The second-order valence-electron chi connectivity index (χ2n) is 3.46. The number of carboxylic acid groups (broad SMARTS) is 1. The average molecular weight is 212 g/mol. The highest BCUT2D eigenvalue weighted by molar-refractivity contribution is 5.71. The highest BCUT2D eigenvalue weighted by Gasteiger charge is 2.17. The van der Waals surface area contributed by atoms with Crippen LogP contribution in [-0.2, 0) is 4.79 Å². The minimum absolute atomic E-state index is 0.0541. The minimum atomic E-state index is -2.34. The lowest BCUT2D eigenvalue weighted by Crippen LogP contribution is -2.15. The molecule has 0 saturated heterocycles. The Labute approximate surface area is 81.1 Å². The molecule has 0 aliphatic heterocycles. The summed E-state index contributed by atoms with van der Waals surface area (Å²) in [5.74, 6) is -1.53. The minimum Gasteiger partial charge on any atom is -0.479 e. The third kappa shape index (κ3) is 6.74. The fourth-order valence-corrected chi connectivity index (χ4v) is 1.11. The van der Waals surface area contributed by atoms with Crippen molar-refractivity contribution in [2.45, 2.75) is 45.2 Å². The van der Waals surface area contributed by atoms with Gasteiger partial charge in [0.1, 0.15) is 0 Å². The van der Waals surface area contributed by atoms with Gasteiger partial charge in [-0.25, -0.2) is 18.0 Å². The van der Waals surface area contributed by atoms with E-state index in [4.69, 9.17) is 5.11 Å². The second-order valence-corrected chi connectivity index (χ2v) is 3.46. The van der Waals surface area contributed by atoms with Gasteiger partial charge in [0.05, 0.1) is 0 Å². The average Bonchev–Trinajstić information content (AvgIpc) is 2.10. The molecule has 0 bridgehead atoms. The van der Waals surface area contributed by atoms with Gasteiger partial charge in [0.2, 0.25) is 6.43 Å². The van der Waals surface area contributed by atoms with Crippen molar-refractivity contribution in [2.24, 2.45) is 5.92 Å². The normalized spacial score (nSPS) is 15.5. The van der Waals surface area contributed by atoms with Crippen molar-refractivity contribution in [1.82, 2.24) is 0 Å². The smallest absolute Gasteiger partial charge is 0.338 e. The molecule has 0 amide bonds. The zero-order valence-electron chi connectivity index (χ0n) is 8.05. The Morgan fingerprint density at radius 1 is 1.14 bits per heavy atom. The molecule has 84 valence electrons. The Hall–Kier alpha value is -0.740. The van der Waals surface area contributed by atoms with Gasteiger partial charge in [0, 0.05) is 6.42 Å². The summed E-state index contributed by atoms with van der Waals surface area (Å²) in [6.07, 6.45) is -3.86. The van der Waals surface area contributed by atoms with E-state index in [-0.39, 0.29) is 18.8 Å². The molecule has 14 heavy (non-hydrogen) atoms. The van der Waals surface area contributed by atoms with Gasteiger partial charge < -0.3 is 5.11 Å². The summed E-state index contributed by atoms with van der Waals surface area (Å²) in [4.78, 5) is 10.1. The first kappa shape index (κ1) is 13.3. The molecule has 5 heteroatoms. The van der Waals surface area contributed by atoms with Crippen LogP contribution in [0.4, 0.5) is 13.2 Å². The monoisotopic (exact) mass is 212 g/mol. The fourth-order valence-electron chi connectivity index (χ4n) is 1.11. The molecule has 0 spiro atoms. The highest BCUT2D eigenvalue weighted by Crippen LogP contribution is 2.17. The third-order valence-corrected chi connectivity index (χ3v) is 2.06. The molecule has 0 radical (unpaired) electrons. The first-order chi connectivity index (χ1) is 6.43. The zero-order valence-corrected chi connectivity index (χ0v) is 8.05. The van der Waals surface area contributed by atoms with Gasteiger partial charge in [-0.3, -0.25) is 0 Å². The molecule has 2 unspecified atom stereocenters. The standard InChI is InChI=1S/C9H15F3O2/c1-6(3-5-8(11)12)2-4-7(10)9(13)14/h6-8H,2-5H2,1H3,(H,13,14). The Balaban J connectivity index is 3.53. The van der Waals surface area contributed by atoms with Gasteiger partial charge in [-0.15, -0.1) is 0 Å². The maximum absolute atomic E-state index is 12.5. The number of aliphatic carboxylic acids is 1. The van der Waals surface area contributed by atoms with Crippen molar-refractivity contribution in [1.29, 1.82) is 0 Å². The van der Waals surface area contributed by atoms with Crippen molar-refractivity contribution >= 4 is 5.97 Å². The van der Waals surface area contributed by atoms with E-state index >= 15 is 0 Å². The maximum Gasteiger partial charge on any atom is 0.338 e. The molecular formula is C9H15F3O2. The van der Waals surface area contributed by atoms with Gasteiger partial charge in [-0.05, 0) is 25.2 Å². The van der Waals surface area contributed by atoms with Gasteiger partial charge in [-0.2, -0.15) is 0 Å². The molecule has 1 N–H and O–H groups in total. The Kier molecular flexibility index (Phi) is 6.32. The summed E-state index contributed by atoms with van der Waals surface area (Å²) in [5, 5.41) is 8.22. The molecule has 2 atom stereocenters. The lowest BCUT2D eigenvalue weighted by molar-refractivity contribution is -0.143. The summed E-state index contributed by atoms with van der Waals surface area (Å²) in [5.41, 5.74) is 0. The van der Waals surface area contributed by atoms with Crippen LogP contribution in [0.15, 0.2) is 0 Å². The third-order valence-electron chi connectivity index (χ3n) is 2.06. The van der Waals surface area contributed by atoms with Crippen LogP contribution in [-0.4, -0.2) is 23.7 Å². The Bertz CT molecular complexity index is 173. The van der Waals surface area contributed by atoms with Crippen molar-refractivity contribution in [3.05, 3.63) is 0 Å². The van der Waals surface area contributed by atoms with Crippen LogP contribution < -0.4 is 0 Å². The van der Waals surface area contributed by atoms with Crippen LogP contribution >= 0.6 is 0 Å². The molecule has 0 aliphatic rings. The van der Waals surface area contributed by atoms with Crippen LogP contribution in [0.5, 0.6) is 0 Å². The van der Waals surface area contributed by atoms with Crippen LogP contribution in [0.3, 0.4) is 0 Å². The first-order valence-corrected chi connectivity index (χ1v) is 4.58. The van der Waals surface area contributed by atoms with Crippen molar-refractivity contribution in [3.8, 4) is 0 Å². The van der Waals surface area contributed by atoms with E-state index in [1.54, 1.807) is 6.92 Å². The van der Waals surface area contributed by atoms with E-state index in [1.165, 1.54) is 0 Å². The molecular weight excluding hydrogens is 197 g/mol. The van der Waals surface area contributed by atoms with E-state index in [1.807, 2.05) is 0 Å².